The molecule has 0 radical (unpaired) electrons. The lowest BCUT2D eigenvalue weighted by molar-refractivity contribution is -0.121. The number of likely N-dealkylation sites (tertiary alicyclic amines) is 1. The minimum atomic E-state index is 0.130. The number of alkyl halides is 1. The van der Waals surface area contributed by atoms with Crippen LogP contribution >= 0.6 is 11.6 Å². The van der Waals surface area contributed by atoms with E-state index in [1.165, 1.54) is 32.4 Å². The van der Waals surface area contributed by atoms with Crippen LogP contribution in [0.3, 0.4) is 0 Å². The van der Waals surface area contributed by atoms with E-state index in [1.807, 2.05) is 0 Å². The van der Waals surface area contributed by atoms with E-state index >= 15 is 0 Å². The molecule has 1 atom stereocenters. The van der Waals surface area contributed by atoms with Crippen molar-refractivity contribution in [1.29, 1.82) is 0 Å². The molecule has 0 aromatic heterocycles. The molecule has 0 bridgehead atoms. The molecular weight excluding hydrogens is 224 g/mol. The van der Waals surface area contributed by atoms with Crippen LogP contribution in [0.25, 0.3) is 0 Å². The van der Waals surface area contributed by atoms with Crippen LogP contribution in [0, 0.1) is 0 Å². The summed E-state index contributed by atoms with van der Waals surface area (Å²) in [6, 6.07) is 0.251. The van der Waals surface area contributed by atoms with E-state index in [1.54, 1.807) is 0 Å². The van der Waals surface area contributed by atoms with E-state index in [4.69, 9.17) is 11.6 Å². The molecule has 1 amide bonds. The fourth-order valence-corrected chi connectivity index (χ4v) is 2.28. The van der Waals surface area contributed by atoms with Crippen molar-refractivity contribution in [2.75, 3.05) is 25.5 Å². The topological polar surface area (TPSA) is 32.3 Å². The first-order chi connectivity index (χ1) is 7.72. The van der Waals surface area contributed by atoms with Crippen LogP contribution in [0.15, 0.2) is 0 Å². The smallest absolute Gasteiger partial charge is 0.220 e. The molecular formula is C12H23ClN2O. The van der Waals surface area contributed by atoms with Gasteiger partial charge in [-0.2, -0.15) is 0 Å². The molecule has 16 heavy (non-hydrogen) atoms. The number of carbonyl (C=O) groups excluding carboxylic acids is 1. The third-order valence-corrected chi connectivity index (χ3v) is 3.19. The normalized spacial score (nSPS) is 19.4. The standard InChI is InChI=1S/C12H23ClN2O/c1-11(14-12(16)6-5-7-13)10-15-8-3-2-4-9-15/h11H,2-10H2,1H3,(H,14,16). The van der Waals surface area contributed by atoms with E-state index in [2.05, 4.69) is 17.1 Å². The van der Waals surface area contributed by atoms with Gasteiger partial charge in [0.05, 0.1) is 0 Å². The van der Waals surface area contributed by atoms with Crippen molar-refractivity contribution in [1.82, 2.24) is 10.2 Å². The minimum absolute atomic E-state index is 0.130. The minimum Gasteiger partial charge on any atom is -0.352 e. The molecule has 0 saturated carbocycles. The van der Waals surface area contributed by atoms with Gasteiger partial charge in [-0.25, -0.2) is 0 Å². The summed E-state index contributed by atoms with van der Waals surface area (Å²) in [6.07, 6.45) is 5.27. The summed E-state index contributed by atoms with van der Waals surface area (Å²) in [5, 5.41) is 3.02. The number of amides is 1. The van der Waals surface area contributed by atoms with Gasteiger partial charge in [-0.15, -0.1) is 11.6 Å². The van der Waals surface area contributed by atoms with Crippen LogP contribution in [0.5, 0.6) is 0 Å². The lowest BCUT2D eigenvalue weighted by atomic mass is 10.1. The Hall–Kier alpha value is -0.280. The molecule has 0 spiro atoms. The lowest BCUT2D eigenvalue weighted by Gasteiger charge is -2.29. The molecule has 1 fully saturated rings. The second-order valence-corrected chi connectivity index (χ2v) is 5.00. The Kier molecular flexibility index (Phi) is 6.81. The van der Waals surface area contributed by atoms with Gasteiger partial charge in [0.1, 0.15) is 0 Å². The summed E-state index contributed by atoms with van der Waals surface area (Å²) in [6.45, 7) is 5.42. The highest BCUT2D eigenvalue weighted by molar-refractivity contribution is 6.17. The second kappa shape index (κ2) is 7.91. The zero-order valence-corrected chi connectivity index (χ0v) is 10.9. The molecule has 1 unspecified atom stereocenters. The number of carbonyl (C=O) groups is 1. The van der Waals surface area contributed by atoms with Crippen LogP contribution in [0.1, 0.15) is 39.0 Å². The second-order valence-electron chi connectivity index (χ2n) is 4.62. The van der Waals surface area contributed by atoms with Crippen molar-refractivity contribution < 1.29 is 4.79 Å². The lowest BCUT2D eigenvalue weighted by Crippen LogP contribution is -2.43. The number of nitrogens with zero attached hydrogens (tertiary/aromatic N) is 1. The number of hydrogen-bond acceptors (Lipinski definition) is 2. The Labute approximate surface area is 104 Å². The van der Waals surface area contributed by atoms with Crippen LogP contribution in [-0.2, 0) is 4.79 Å². The van der Waals surface area contributed by atoms with Gasteiger partial charge >= 0.3 is 0 Å². The van der Waals surface area contributed by atoms with Gasteiger partial charge in [-0.1, -0.05) is 6.42 Å². The predicted octanol–water partition coefficient (Wildman–Crippen LogP) is 2.00. The van der Waals surface area contributed by atoms with Gasteiger partial charge in [-0.05, 0) is 39.3 Å². The third-order valence-electron chi connectivity index (χ3n) is 2.93. The first kappa shape index (κ1) is 13.8. The number of halogens is 1. The first-order valence-electron chi connectivity index (χ1n) is 6.30. The molecule has 0 aromatic rings. The molecule has 0 aromatic carbocycles. The summed E-state index contributed by atoms with van der Waals surface area (Å²) < 4.78 is 0. The quantitative estimate of drug-likeness (QED) is 0.727. The van der Waals surface area contributed by atoms with Gasteiger partial charge < -0.3 is 10.2 Å². The molecule has 1 rings (SSSR count). The Balaban J connectivity index is 2.13. The summed E-state index contributed by atoms with van der Waals surface area (Å²) in [4.78, 5) is 13.9. The van der Waals surface area contributed by atoms with Crippen LogP contribution < -0.4 is 5.32 Å². The zero-order chi connectivity index (χ0) is 11.8. The van der Waals surface area contributed by atoms with Crippen LogP contribution in [0.4, 0.5) is 0 Å². The molecule has 1 saturated heterocycles. The van der Waals surface area contributed by atoms with E-state index < -0.39 is 0 Å². The molecule has 1 heterocycles. The summed E-state index contributed by atoms with van der Waals surface area (Å²) in [5.41, 5.74) is 0. The van der Waals surface area contributed by atoms with Gasteiger partial charge in [0.15, 0.2) is 0 Å². The molecule has 1 N–H and O–H groups in total. The van der Waals surface area contributed by atoms with Crippen LogP contribution in [-0.4, -0.2) is 42.4 Å². The average molecular weight is 247 g/mol. The van der Waals surface area contributed by atoms with Crippen molar-refractivity contribution >= 4 is 17.5 Å². The van der Waals surface area contributed by atoms with Crippen LogP contribution in [0.2, 0.25) is 0 Å². The third kappa shape index (κ3) is 5.71. The Morgan fingerprint density at radius 2 is 2.06 bits per heavy atom. The van der Waals surface area contributed by atoms with Crippen molar-refractivity contribution in [3.05, 3.63) is 0 Å². The molecule has 1 aliphatic heterocycles. The maximum atomic E-state index is 11.5. The number of hydrogen-bond donors (Lipinski definition) is 1. The first-order valence-corrected chi connectivity index (χ1v) is 6.83. The Bertz CT molecular complexity index is 205. The largest absolute Gasteiger partial charge is 0.352 e. The maximum absolute atomic E-state index is 11.5. The monoisotopic (exact) mass is 246 g/mol. The van der Waals surface area contributed by atoms with Crippen molar-refractivity contribution in [3.63, 3.8) is 0 Å². The predicted molar refractivity (Wildman–Crippen MR) is 67.8 cm³/mol. The number of nitrogens with one attached hydrogen (secondary N) is 1. The van der Waals surface area contributed by atoms with E-state index in [-0.39, 0.29) is 11.9 Å². The highest BCUT2D eigenvalue weighted by Crippen LogP contribution is 2.08. The van der Waals surface area contributed by atoms with Gasteiger partial charge in [0.25, 0.3) is 0 Å². The van der Waals surface area contributed by atoms with Crippen molar-refractivity contribution in [3.8, 4) is 0 Å². The summed E-state index contributed by atoms with van der Waals surface area (Å²) in [7, 11) is 0. The van der Waals surface area contributed by atoms with Gasteiger partial charge in [0, 0.05) is 24.9 Å². The highest BCUT2D eigenvalue weighted by atomic mass is 35.5. The summed E-state index contributed by atoms with van der Waals surface area (Å²) in [5.74, 6) is 0.693. The number of piperidine rings is 1. The molecule has 94 valence electrons. The fraction of sp³-hybridized carbons (Fsp3) is 0.917. The molecule has 4 heteroatoms. The number of rotatable bonds is 6. The molecule has 0 aliphatic carbocycles. The highest BCUT2D eigenvalue weighted by Gasteiger charge is 2.14. The Morgan fingerprint density at radius 3 is 2.69 bits per heavy atom. The van der Waals surface area contributed by atoms with Gasteiger partial charge in [-0.3, -0.25) is 4.79 Å². The molecule has 1 aliphatic rings. The average Bonchev–Trinajstić information content (AvgIpc) is 2.27. The molecule has 3 nitrogen and oxygen atoms in total. The van der Waals surface area contributed by atoms with Crippen molar-refractivity contribution in [2.45, 2.75) is 45.1 Å². The van der Waals surface area contributed by atoms with E-state index in [0.29, 0.717) is 12.3 Å². The zero-order valence-electron chi connectivity index (χ0n) is 10.2. The van der Waals surface area contributed by atoms with Gasteiger partial charge in [0.2, 0.25) is 5.91 Å². The van der Waals surface area contributed by atoms with E-state index in [9.17, 15) is 4.79 Å². The Morgan fingerprint density at radius 1 is 1.38 bits per heavy atom. The maximum Gasteiger partial charge on any atom is 0.220 e. The van der Waals surface area contributed by atoms with Crippen molar-refractivity contribution in [2.24, 2.45) is 0 Å². The van der Waals surface area contributed by atoms with E-state index in [0.717, 1.165) is 13.0 Å². The summed E-state index contributed by atoms with van der Waals surface area (Å²) >= 11 is 5.55. The SMILES string of the molecule is CC(CN1CCCCC1)NC(=O)CCCCl. The fourth-order valence-electron chi connectivity index (χ4n) is 2.15.